The number of amides is 1. The summed E-state index contributed by atoms with van der Waals surface area (Å²) in [6.45, 7) is 6.46. The standard InChI is InChI=1S/C15H22N2O2/c1-15(2,3)19-14(18)17-9-5-8-12-6-4-7-13(10-12)11-16/h4-8,10H,9,11,16H2,1-3H3,(H,17,18). The number of carbonyl (C=O) groups is 1. The number of hydrogen-bond donors (Lipinski definition) is 2. The summed E-state index contributed by atoms with van der Waals surface area (Å²) in [4.78, 5) is 11.4. The summed E-state index contributed by atoms with van der Waals surface area (Å²) in [5, 5.41) is 2.67. The molecule has 0 fully saturated rings. The van der Waals surface area contributed by atoms with E-state index in [0.29, 0.717) is 13.1 Å². The SMILES string of the molecule is CC(C)(C)OC(=O)NCC=Cc1cccc(CN)c1. The Morgan fingerprint density at radius 3 is 2.79 bits per heavy atom. The molecular weight excluding hydrogens is 240 g/mol. The van der Waals surface area contributed by atoms with E-state index in [0.717, 1.165) is 11.1 Å². The Hall–Kier alpha value is -1.81. The maximum atomic E-state index is 11.4. The van der Waals surface area contributed by atoms with Gasteiger partial charge in [0.25, 0.3) is 0 Å². The number of nitrogens with one attached hydrogen (secondary N) is 1. The molecule has 0 aliphatic heterocycles. The van der Waals surface area contributed by atoms with Crippen molar-refractivity contribution in [2.75, 3.05) is 6.54 Å². The van der Waals surface area contributed by atoms with E-state index in [1.165, 1.54) is 0 Å². The lowest BCUT2D eigenvalue weighted by Gasteiger charge is -2.19. The highest BCUT2D eigenvalue weighted by atomic mass is 16.6. The van der Waals surface area contributed by atoms with E-state index in [4.69, 9.17) is 10.5 Å². The fourth-order valence-corrected chi connectivity index (χ4v) is 1.48. The van der Waals surface area contributed by atoms with Gasteiger partial charge in [-0.15, -0.1) is 0 Å². The van der Waals surface area contributed by atoms with E-state index in [1.54, 1.807) is 0 Å². The first kappa shape index (κ1) is 15.2. The van der Waals surface area contributed by atoms with Crippen molar-refractivity contribution in [1.29, 1.82) is 0 Å². The summed E-state index contributed by atoms with van der Waals surface area (Å²) in [6.07, 6.45) is 3.41. The first-order valence-electron chi connectivity index (χ1n) is 6.33. The van der Waals surface area contributed by atoms with Gasteiger partial charge in [-0.2, -0.15) is 0 Å². The zero-order valence-electron chi connectivity index (χ0n) is 11.8. The molecular formula is C15H22N2O2. The summed E-state index contributed by atoms with van der Waals surface area (Å²) in [5.41, 5.74) is 7.25. The second-order valence-corrected chi connectivity index (χ2v) is 5.23. The first-order valence-corrected chi connectivity index (χ1v) is 6.33. The molecule has 0 heterocycles. The van der Waals surface area contributed by atoms with Gasteiger partial charge in [-0.1, -0.05) is 36.4 Å². The largest absolute Gasteiger partial charge is 0.444 e. The molecule has 0 aromatic heterocycles. The van der Waals surface area contributed by atoms with E-state index in [9.17, 15) is 4.79 Å². The summed E-state index contributed by atoms with van der Waals surface area (Å²) in [6, 6.07) is 7.95. The molecule has 0 aliphatic carbocycles. The number of hydrogen-bond acceptors (Lipinski definition) is 3. The molecule has 0 radical (unpaired) electrons. The van der Waals surface area contributed by atoms with Gasteiger partial charge in [0.05, 0.1) is 0 Å². The Bertz CT molecular complexity index is 448. The van der Waals surface area contributed by atoms with Gasteiger partial charge in [0.15, 0.2) is 0 Å². The molecule has 4 heteroatoms. The molecule has 0 bridgehead atoms. The topological polar surface area (TPSA) is 64.3 Å². The van der Waals surface area contributed by atoms with Crippen LogP contribution in [0.15, 0.2) is 30.3 Å². The number of rotatable bonds is 4. The highest BCUT2D eigenvalue weighted by Crippen LogP contribution is 2.07. The molecule has 104 valence electrons. The van der Waals surface area contributed by atoms with Crippen LogP contribution in [0.2, 0.25) is 0 Å². The van der Waals surface area contributed by atoms with Crippen molar-refractivity contribution in [3.8, 4) is 0 Å². The van der Waals surface area contributed by atoms with Crippen LogP contribution in [0.25, 0.3) is 6.08 Å². The quantitative estimate of drug-likeness (QED) is 0.876. The smallest absolute Gasteiger partial charge is 0.407 e. The second-order valence-electron chi connectivity index (χ2n) is 5.23. The van der Waals surface area contributed by atoms with Crippen LogP contribution in [0.1, 0.15) is 31.9 Å². The van der Waals surface area contributed by atoms with Gasteiger partial charge in [0.2, 0.25) is 0 Å². The predicted octanol–water partition coefficient (Wildman–Crippen LogP) is 2.68. The van der Waals surface area contributed by atoms with Crippen LogP contribution in [0.3, 0.4) is 0 Å². The minimum Gasteiger partial charge on any atom is -0.444 e. The lowest BCUT2D eigenvalue weighted by Crippen LogP contribution is -2.32. The van der Waals surface area contributed by atoms with E-state index >= 15 is 0 Å². The van der Waals surface area contributed by atoms with Crippen LogP contribution in [0.4, 0.5) is 4.79 Å². The number of benzene rings is 1. The number of ether oxygens (including phenoxy) is 1. The summed E-state index contributed by atoms with van der Waals surface area (Å²) in [7, 11) is 0. The fourth-order valence-electron chi connectivity index (χ4n) is 1.48. The average Bonchev–Trinajstić information content (AvgIpc) is 2.33. The van der Waals surface area contributed by atoms with E-state index in [2.05, 4.69) is 5.32 Å². The van der Waals surface area contributed by atoms with Crippen LogP contribution in [-0.4, -0.2) is 18.2 Å². The lowest BCUT2D eigenvalue weighted by atomic mass is 10.1. The zero-order valence-corrected chi connectivity index (χ0v) is 11.8. The molecule has 0 atom stereocenters. The van der Waals surface area contributed by atoms with Gasteiger partial charge in [0.1, 0.15) is 5.60 Å². The Morgan fingerprint density at radius 1 is 1.42 bits per heavy atom. The summed E-state index contributed by atoms with van der Waals surface area (Å²) < 4.78 is 5.13. The van der Waals surface area contributed by atoms with Gasteiger partial charge in [0, 0.05) is 13.1 Å². The van der Waals surface area contributed by atoms with Crippen LogP contribution in [0.5, 0.6) is 0 Å². The van der Waals surface area contributed by atoms with Crippen molar-refractivity contribution >= 4 is 12.2 Å². The highest BCUT2D eigenvalue weighted by molar-refractivity contribution is 5.68. The number of alkyl carbamates (subject to hydrolysis) is 1. The molecule has 3 N–H and O–H groups in total. The van der Waals surface area contributed by atoms with Crippen LogP contribution in [0, 0.1) is 0 Å². The third-order valence-corrected chi connectivity index (χ3v) is 2.26. The fraction of sp³-hybridized carbons (Fsp3) is 0.400. The van der Waals surface area contributed by atoms with Crippen LogP contribution in [-0.2, 0) is 11.3 Å². The summed E-state index contributed by atoms with van der Waals surface area (Å²) in [5.74, 6) is 0. The van der Waals surface area contributed by atoms with Gasteiger partial charge in [-0.05, 0) is 31.9 Å². The molecule has 1 rings (SSSR count). The molecule has 19 heavy (non-hydrogen) atoms. The summed E-state index contributed by atoms with van der Waals surface area (Å²) >= 11 is 0. The average molecular weight is 262 g/mol. The van der Waals surface area contributed by atoms with E-state index < -0.39 is 11.7 Å². The Balaban J connectivity index is 2.40. The normalized spacial score (nSPS) is 11.6. The molecule has 0 saturated heterocycles. The van der Waals surface area contributed by atoms with Crippen molar-refractivity contribution < 1.29 is 9.53 Å². The van der Waals surface area contributed by atoms with Crippen molar-refractivity contribution in [3.63, 3.8) is 0 Å². The molecule has 1 aromatic carbocycles. The van der Waals surface area contributed by atoms with Gasteiger partial charge < -0.3 is 15.8 Å². The molecule has 0 unspecified atom stereocenters. The van der Waals surface area contributed by atoms with Gasteiger partial charge in [-0.3, -0.25) is 0 Å². The van der Waals surface area contributed by atoms with Crippen molar-refractivity contribution in [2.45, 2.75) is 32.9 Å². The van der Waals surface area contributed by atoms with Crippen LogP contribution < -0.4 is 11.1 Å². The monoisotopic (exact) mass is 262 g/mol. The van der Waals surface area contributed by atoms with Crippen molar-refractivity contribution in [1.82, 2.24) is 5.32 Å². The Kier molecular flexibility index (Phi) is 5.57. The predicted molar refractivity (Wildman–Crippen MR) is 77.6 cm³/mol. The zero-order chi connectivity index (χ0) is 14.3. The van der Waals surface area contributed by atoms with Crippen molar-refractivity contribution in [3.05, 3.63) is 41.5 Å². The first-order chi connectivity index (χ1) is 8.90. The Labute approximate surface area is 114 Å². The minimum absolute atomic E-state index is 0.409. The molecule has 0 aliphatic rings. The molecule has 0 spiro atoms. The van der Waals surface area contributed by atoms with E-state index in [1.807, 2.05) is 57.2 Å². The maximum Gasteiger partial charge on any atom is 0.407 e. The number of nitrogens with two attached hydrogens (primary N) is 1. The van der Waals surface area contributed by atoms with E-state index in [-0.39, 0.29) is 0 Å². The molecule has 0 saturated carbocycles. The Morgan fingerprint density at radius 2 is 2.16 bits per heavy atom. The lowest BCUT2D eigenvalue weighted by molar-refractivity contribution is 0.0534. The minimum atomic E-state index is -0.469. The van der Waals surface area contributed by atoms with Crippen LogP contribution >= 0.6 is 0 Å². The van der Waals surface area contributed by atoms with Gasteiger partial charge >= 0.3 is 6.09 Å². The van der Waals surface area contributed by atoms with Gasteiger partial charge in [-0.25, -0.2) is 4.79 Å². The van der Waals surface area contributed by atoms with Crippen molar-refractivity contribution in [2.24, 2.45) is 5.73 Å². The second kappa shape index (κ2) is 6.95. The third-order valence-electron chi connectivity index (χ3n) is 2.26. The molecule has 1 amide bonds. The maximum absolute atomic E-state index is 11.4. The molecule has 1 aromatic rings. The third kappa shape index (κ3) is 6.62. The molecule has 4 nitrogen and oxygen atoms in total. The highest BCUT2D eigenvalue weighted by Gasteiger charge is 2.14. The number of carbonyl (C=O) groups excluding carboxylic acids is 1.